The van der Waals surface area contributed by atoms with Crippen LogP contribution >= 0.6 is 11.3 Å². The Morgan fingerprint density at radius 2 is 2.05 bits per heavy atom. The molecule has 3 rings (SSSR count). The SMILES string of the molecule is CC(C)c1ccc(-c2nc3c(s2)CCC3C(=O)O)cc1. The van der Waals surface area contributed by atoms with Gasteiger partial charge >= 0.3 is 5.97 Å². The molecule has 0 saturated heterocycles. The Bertz CT molecular complexity index is 643. The minimum atomic E-state index is -0.754. The van der Waals surface area contributed by atoms with Gasteiger partial charge in [0.25, 0.3) is 0 Å². The highest BCUT2D eigenvalue weighted by Gasteiger charge is 2.32. The lowest BCUT2D eigenvalue weighted by Gasteiger charge is -2.05. The van der Waals surface area contributed by atoms with E-state index >= 15 is 0 Å². The molecule has 2 aromatic rings. The van der Waals surface area contributed by atoms with Crippen LogP contribution in [0.25, 0.3) is 10.6 Å². The van der Waals surface area contributed by atoms with Gasteiger partial charge < -0.3 is 5.11 Å². The van der Waals surface area contributed by atoms with E-state index < -0.39 is 11.9 Å². The van der Waals surface area contributed by atoms with Crippen LogP contribution in [0.2, 0.25) is 0 Å². The van der Waals surface area contributed by atoms with Gasteiger partial charge in [-0.3, -0.25) is 4.79 Å². The van der Waals surface area contributed by atoms with E-state index in [2.05, 4.69) is 43.1 Å². The number of aliphatic carboxylic acids is 1. The van der Waals surface area contributed by atoms with E-state index in [1.807, 2.05) is 0 Å². The first-order valence-electron chi connectivity index (χ1n) is 6.89. The second-order valence-electron chi connectivity index (χ2n) is 5.53. The fourth-order valence-electron chi connectivity index (χ4n) is 2.60. The van der Waals surface area contributed by atoms with Gasteiger partial charge in [0.05, 0.1) is 5.69 Å². The molecule has 0 fully saturated rings. The molecule has 0 bridgehead atoms. The van der Waals surface area contributed by atoms with Crippen molar-refractivity contribution in [2.24, 2.45) is 0 Å². The maximum atomic E-state index is 11.2. The maximum absolute atomic E-state index is 11.2. The van der Waals surface area contributed by atoms with Crippen molar-refractivity contribution < 1.29 is 9.90 Å². The third kappa shape index (κ3) is 2.24. The highest BCUT2D eigenvalue weighted by Crippen LogP contribution is 2.39. The quantitative estimate of drug-likeness (QED) is 0.926. The summed E-state index contributed by atoms with van der Waals surface area (Å²) < 4.78 is 0. The second-order valence-corrected chi connectivity index (χ2v) is 6.62. The summed E-state index contributed by atoms with van der Waals surface area (Å²) in [6, 6.07) is 8.42. The summed E-state index contributed by atoms with van der Waals surface area (Å²) >= 11 is 1.64. The Labute approximate surface area is 122 Å². The zero-order valence-electron chi connectivity index (χ0n) is 11.6. The van der Waals surface area contributed by atoms with Crippen molar-refractivity contribution in [1.82, 2.24) is 4.98 Å². The van der Waals surface area contributed by atoms with Gasteiger partial charge in [-0.25, -0.2) is 4.98 Å². The Kier molecular flexibility index (Phi) is 3.34. The van der Waals surface area contributed by atoms with Gasteiger partial charge in [0.15, 0.2) is 0 Å². The van der Waals surface area contributed by atoms with E-state index in [-0.39, 0.29) is 0 Å². The molecule has 104 valence electrons. The van der Waals surface area contributed by atoms with Crippen LogP contribution in [-0.2, 0) is 11.2 Å². The van der Waals surface area contributed by atoms with Crippen LogP contribution in [-0.4, -0.2) is 16.1 Å². The number of aromatic nitrogens is 1. The standard InChI is InChI=1S/C16H17NO2S/c1-9(2)10-3-5-11(6-4-10)15-17-14-12(16(18)19)7-8-13(14)20-15/h3-6,9,12H,7-8H2,1-2H3,(H,18,19). The molecule has 0 radical (unpaired) electrons. The Balaban J connectivity index is 1.92. The highest BCUT2D eigenvalue weighted by molar-refractivity contribution is 7.15. The summed E-state index contributed by atoms with van der Waals surface area (Å²) in [4.78, 5) is 16.9. The zero-order chi connectivity index (χ0) is 14.3. The third-order valence-electron chi connectivity index (χ3n) is 3.84. The number of carboxylic acids is 1. The van der Waals surface area contributed by atoms with Gasteiger partial charge in [-0.15, -0.1) is 11.3 Å². The molecule has 1 unspecified atom stereocenters. The summed E-state index contributed by atoms with van der Waals surface area (Å²) in [5.41, 5.74) is 3.17. The lowest BCUT2D eigenvalue weighted by Crippen LogP contribution is -2.08. The molecule has 0 spiro atoms. The van der Waals surface area contributed by atoms with Crippen LogP contribution in [0.15, 0.2) is 24.3 Å². The Hall–Kier alpha value is -1.68. The van der Waals surface area contributed by atoms with E-state index in [1.165, 1.54) is 5.56 Å². The molecule has 0 aliphatic heterocycles. The first-order chi connectivity index (χ1) is 9.56. The van der Waals surface area contributed by atoms with Crippen molar-refractivity contribution in [3.8, 4) is 10.6 Å². The summed E-state index contributed by atoms with van der Waals surface area (Å²) in [5.74, 6) is -0.651. The molecule has 1 aromatic carbocycles. The van der Waals surface area contributed by atoms with E-state index in [0.717, 1.165) is 27.6 Å². The molecule has 1 N–H and O–H groups in total. The Morgan fingerprint density at radius 3 is 2.65 bits per heavy atom. The fourth-order valence-corrected chi connectivity index (χ4v) is 3.75. The van der Waals surface area contributed by atoms with Crippen LogP contribution < -0.4 is 0 Å². The van der Waals surface area contributed by atoms with E-state index in [9.17, 15) is 9.90 Å². The topological polar surface area (TPSA) is 50.2 Å². The van der Waals surface area contributed by atoms with Gasteiger partial charge in [-0.2, -0.15) is 0 Å². The molecule has 4 heteroatoms. The summed E-state index contributed by atoms with van der Waals surface area (Å²) in [6.45, 7) is 4.34. The minimum Gasteiger partial charge on any atom is -0.481 e. The number of nitrogens with zero attached hydrogens (tertiary/aromatic N) is 1. The number of carboxylic acid groups (broad SMARTS) is 1. The van der Waals surface area contributed by atoms with Crippen molar-refractivity contribution in [2.45, 2.75) is 38.5 Å². The molecule has 3 nitrogen and oxygen atoms in total. The average molecular weight is 287 g/mol. The number of rotatable bonds is 3. The molecule has 1 aliphatic rings. The van der Waals surface area contributed by atoms with Crippen molar-refractivity contribution in [2.75, 3.05) is 0 Å². The Morgan fingerprint density at radius 1 is 1.35 bits per heavy atom. The largest absolute Gasteiger partial charge is 0.481 e. The predicted octanol–water partition coefficient (Wildman–Crippen LogP) is 4.05. The minimum absolute atomic E-state index is 0.412. The smallest absolute Gasteiger partial charge is 0.312 e. The molecule has 1 atom stereocenters. The molecular weight excluding hydrogens is 270 g/mol. The summed E-state index contributed by atoms with van der Waals surface area (Å²) in [6.07, 6.45) is 1.53. The molecule has 0 amide bonds. The highest BCUT2D eigenvalue weighted by atomic mass is 32.1. The molecular formula is C16H17NO2S. The van der Waals surface area contributed by atoms with Crippen LogP contribution in [0.3, 0.4) is 0 Å². The normalized spacial score (nSPS) is 17.4. The van der Waals surface area contributed by atoms with Crippen LogP contribution in [0.5, 0.6) is 0 Å². The number of benzene rings is 1. The second kappa shape index (κ2) is 5.02. The van der Waals surface area contributed by atoms with Crippen LogP contribution in [0, 0.1) is 0 Å². The van der Waals surface area contributed by atoms with Crippen molar-refractivity contribution in [3.63, 3.8) is 0 Å². The van der Waals surface area contributed by atoms with E-state index in [1.54, 1.807) is 11.3 Å². The van der Waals surface area contributed by atoms with Crippen molar-refractivity contribution >= 4 is 17.3 Å². The zero-order valence-corrected chi connectivity index (χ0v) is 12.4. The number of aryl methyl sites for hydroxylation is 1. The van der Waals surface area contributed by atoms with Gasteiger partial charge in [0.2, 0.25) is 0 Å². The van der Waals surface area contributed by atoms with Crippen molar-refractivity contribution in [3.05, 3.63) is 40.4 Å². The van der Waals surface area contributed by atoms with Crippen molar-refractivity contribution in [1.29, 1.82) is 0 Å². The van der Waals surface area contributed by atoms with Crippen LogP contribution in [0.1, 0.15) is 48.2 Å². The first-order valence-corrected chi connectivity index (χ1v) is 7.70. The number of hydrogen-bond donors (Lipinski definition) is 1. The first kappa shape index (κ1) is 13.3. The maximum Gasteiger partial charge on any atom is 0.312 e. The lowest BCUT2D eigenvalue weighted by molar-refractivity contribution is -0.138. The van der Waals surface area contributed by atoms with Crippen LogP contribution in [0.4, 0.5) is 0 Å². The molecule has 0 saturated carbocycles. The van der Waals surface area contributed by atoms with Gasteiger partial charge in [0, 0.05) is 10.4 Å². The number of hydrogen-bond acceptors (Lipinski definition) is 3. The summed E-state index contributed by atoms with van der Waals surface area (Å²) in [5, 5.41) is 10.1. The average Bonchev–Trinajstić information content (AvgIpc) is 2.97. The summed E-state index contributed by atoms with van der Waals surface area (Å²) in [7, 11) is 0. The van der Waals surface area contributed by atoms with E-state index in [0.29, 0.717) is 12.3 Å². The lowest BCUT2D eigenvalue weighted by atomic mass is 10.0. The number of carbonyl (C=O) groups is 1. The molecule has 1 heterocycles. The third-order valence-corrected chi connectivity index (χ3v) is 5.02. The molecule has 20 heavy (non-hydrogen) atoms. The monoisotopic (exact) mass is 287 g/mol. The van der Waals surface area contributed by atoms with Gasteiger partial charge in [-0.05, 0) is 24.3 Å². The molecule has 1 aromatic heterocycles. The fraction of sp³-hybridized carbons (Fsp3) is 0.375. The van der Waals surface area contributed by atoms with E-state index in [4.69, 9.17) is 0 Å². The molecule has 1 aliphatic carbocycles. The predicted molar refractivity (Wildman–Crippen MR) is 80.3 cm³/mol. The van der Waals surface area contributed by atoms with Gasteiger partial charge in [0.1, 0.15) is 10.9 Å². The number of thiazole rings is 1. The number of fused-ring (bicyclic) bond motifs is 1. The van der Waals surface area contributed by atoms with Gasteiger partial charge in [-0.1, -0.05) is 38.1 Å².